The molecule has 1 N–H and O–H groups in total. The van der Waals surface area contributed by atoms with E-state index in [2.05, 4.69) is 16.2 Å². The maximum absolute atomic E-state index is 11.3. The van der Waals surface area contributed by atoms with E-state index in [9.17, 15) is 10.1 Å². The van der Waals surface area contributed by atoms with Crippen molar-refractivity contribution >= 4 is 23.4 Å². The molecule has 1 aliphatic rings. The number of terminal acetylenes is 1. The summed E-state index contributed by atoms with van der Waals surface area (Å²) in [5, 5.41) is 14.8. The molecule has 0 unspecified atom stereocenters. The van der Waals surface area contributed by atoms with Crippen molar-refractivity contribution in [2.24, 2.45) is 0 Å². The van der Waals surface area contributed by atoms with E-state index in [-0.39, 0.29) is 16.4 Å². The molecule has 1 fully saturated rings. The monoisotopic (exact) mass is 338 g/mol. The number of nitrogens with one attached hydrogen (secondary N) is 1. The third-order valence-corrected chi connectivity index (χ3v) is 4.14. The third-order valence-electron chi connectivity index (χ3n) is 3.07. The molecule has 0 spiro atoms. The Morgan fingerprint density at radius 1 is 1.64 bits per heavy atom. The molecule has 0 atom stereocenters. The van der Waals surface area contributed by atoms with Crippen molar-refractivity contribution in [3.63, 3.8) is 0 Å². The van der Waals surface area contributed by atoms with Crippen molar-refractivity contribution < 1.29 is 4.92 Å². The number of pyridine rings is 1. The SMILES string of the molecule is C#CCSC/C(=C1\NCCN1Cc1ccc(Cl)nc1)[N+](=O)[O-]. The second-order valence-electron chi connectivity index (χ2n) is 4.59. The van der Waals surface area contributed by atoms with Crippen LogP contribution in [-0.4, -0.2) is 39.4 Å². The van der Waals surface area contributed by atoms with Crippen LogP contribution in [0.5, 0.6) is 0 Å². The fourth-order valence-corrected chi connectivity index (χ4v) is 2.88. The summed E-state index contributed by atoms with van der Waals surface area (Å²) >= 11 is 7.12. The van der Waals surface area contributed by atoms with Crippen LogP contribution in [0.25, 0.3) is 0 Å². The quantitative estimate of drug-likeness (QED) is 0.281. The molecule has 0 aromatic carbocycles. The molecule has 0 radical (unpaired) electrons. The summed E-state index contributed by atoms with van der Waals surface area (Å²) in [6.45, 7) is 1.92. The van der Waals surface area contributed by atoms with Gasteiger partial charge in [-0.1, -0.05) is 23.6 Å². The Hall–Kier alpha value is -1.91. The molecule has 6 nitrogen and oxygen atoms in total. The Labute approximate surface area is 138 Å². The number of hydrogen-bond acceptors (Lipinski definition) is 6. The second kappa shape index (κ2) is 7.92. The smallest absolute Gasteiger partial charge is 0.295 e. The molecule has 2 heterocycles. The summed E-state index contributed by atoms with van der Waals surface area (Å²) < 4.78 is 0. The first-order valence-corrected chi connectivity index (χ1v) is 8.13. The van der Waals surface area contributed by atoms with E-state index in [1.165, 1.54) is 11.8 Å². The highest BCUT2D eigenvalue weighted by molar-refractivity contribution is 7.99. The molecule has 1 saturated heterocycles. The largest absolute Gasteiger partial charge is 0.365 e. The molecule has 1 aromatic heterocycles. The van der Waals surface area contributed by atoms with E-state index in [0.717, 1.165) is 5.56 Å². The van der Waals surface area contributed by atoms with Gasteiger partial charge in [0.2, 0.25) is 0 Å². The summed E-state index contributed by atoms with van der Waals surface area (Å²) in [6.07, 6.45) is 6.86. The van der Waals surface area contributed by atoms with E-state index < -0.39 is 0 Å². The van der Waals surface area contributed by atoms with Crippen LogP contribution in [0.15, 0.2) is 29.8 Å². The Bertz CT molecular complexity index is 612. The number of thioether (sulfide) groups is 1. The molecule has 22 heavy (non-hydrogen) atoms. The molecule has 0 saturated carbocycles. The molecular weight excluding hydrogens is 324 g/mol. The molecule has 0 bridgehead atoms. The predicted molar refractivity (Wildman–Crippen MR) is 87.8 cm³/mol. The minimum absolute atomic E-state index is 0.152. The number of halogens is 1. The highest BCUT2D eigenvalue weighted by atomic mass is 35.5. The van der Waals surface area contributed by atoms with Crippen molar-refractivity contribution in [1.29, 1.82) is 0 Å². The molecule has 116 valence electrons. The lowest BCUT2D eigenvalue weighted by Crippen LogP contribution is -2.24. The van der Waals surface area contributed by atoms with Crippen LogP contribution in [0.3, 0.4) is 0 Å². The van der Waals surface area contributed by atoms with Crippen molar-refractivity contribution in [2.75, 3.05) is 24.6 Å². The zero-order valence-corrected chi connectivity index (χ0v) is 13.4. The summed E-state index contributed by atoms with van der Waals surface area (Å²) in [6, 6.07) is 3.57. The van der Waals surface area contributed by atoms with Gasteiger partial charge in [0, 0.05) is 25.8 Å². The van der Waals surface area contributed by atoms with Crippen molar-refractivity contribution in [3.05, 3.63) is 50.7 Å². The van der Waals surface area contributed by atoms with E-state index in [1.807, 2.05) is 11.0 Å². The van der Waals surface area contributed by atoms with Gasteiger partial charge in [-0.2, -0.15) is 0 Å². The first-order valence-electron chi connectivity index (χ1n) is 6.60. The number of aromatic nitrogens is 1. The van der Waals surface area contributed by atoms with E-state index in [4.69, 9.17) is 18.0 Å². The molecule has 2 rings (SSSR count). The van der Waals surface area contributed by atoms with Crippen molar-refractivity contribution in [3.8, 4) is 12.3 Å². The fraction of sp³-hybridized carbons (Fsp3) is 0.357. The zero-order chi connectivity index (χ0) is 15.9. The minimum atomic E-state index is -0.343. The van der Waals surface area contributed by atoms with Gasteiger partial charge in [0.1, 0.15) is 5.15 Å². The molecule has 0 aliphatic carbocycles. The Balaban J connectivity index is 2.15. The topological polar surface area (TPSA) is 71.3 Å². The first-order chi connectivity index (χ1) is 10.6. The molecule has 0 amide bonds. The highest BCUT2D eigenvalue weighted by Gasteiger charge is 2.27. The molecule has 1 aliphatic heterocycles. The summed E-state index contributed by atoms with van der Waals surface area (Å²) in [7, 11) is 0. The Morgan fingerprint density at radius 3 is 3.09 bits per heavy atom. The van der Waals surface area contributed by atoms with E-state index in [0.29, 0.717) is 36.4 Å². The Kier molecular flexibility index (Phi) is 5.92. The normalized spacial score (nSPS) is 16.1. The van der Waals surface area contributed by atoms with Crippen LogP contribution in [0.1, 0.15) is 5.56 Å². The molecular formula is C14H15ClN4O2S. The van der Waals surface area contributed by atoms with Gasteiger partial charge in [0.05, 0.1) is 16.4 Å². The standard InChI is InChI=1S/C14H15ClN4O2S/c1-2-7-22-10-12(19(20)21)14-16-5-6-18(14)9-11-3-4-13(15)17-8-11/h1,3-4,8,16H,5-7,9-10H2/b14-12-. The lowest BCUT2D eigenvalue weighted by molar-refractivity contribution is -0.425. The van der Waals surface area contributed by atoms with Gasteiger partial charge < -0.3 is 10.2 Å². The summed E-state index contributed by atoms with van der Waals surface area (Å²) in [4.78, 5) is 16.9. The van der Waals surface area contributed by atoms with Crippen LogP contribution in [-0.2, 0) is 6.54 Å². The van der Waals surface area contributed by atoms with Gasteiger partial charge in [0.25, 0.3) is 5.70 Å². The van der Waals surface area contributed by atoms with E-state index in [1.54, 1.807) is 12.3 Å². The average molecular weight is 339 g/mol. The van der Waals surface area contributed by atoms with Gasteiger partial charge in [-0.05, 0) is 11.6 Å². The number of nitrogens with zero attached hydrogens (tertiary/aromatic N) is 3. The van der Waals surface area contributed by atoms with Crippen molar-refractivity contribution in [2.45, 2.75) is 6.54 Å². The van der Waals surface area contributed by atoms with Gasteiger partial charge in [-0.3, -0.25) is 10.1 Å². The average Bonchev–Trinajstić information content (AvgIpc) is 2.93. The van der Waals surface area contributed by atoms with Crippen LogP contribution < -0.4 is 5.32 Å². The lowest BCUT2D eigenvalue weighted by Gasteiger charge is -2.18. The van der Waals surface area contributed by atoms with Gasteiger partial charge in [-0.25, -0.2) is 4.98 Å². The molecule has 8 heteroatoms. The number of rotatable bonds is 6. The van der Waals surface area contributed by atoms with Gasteiger partial charge >= 0.3 is 0 Å². The predicted octanol–water partition coefficient (Wildman–Crippen LogP) is 1.95. The van der Waals surface area contributed by atoms with E-state index >= 15 is 0 Å². The Morgan fingerprint density at radius 2 is 2.45 bits per heavy atom. The van der Waals surface area contributed by atoms with Crippen LogP contribution in [0.4, 0.5) is 0 Å². The van der Waals surface area contributed by atoms with Crippen LogP contribution in [0.2, 0.25) is 5.15 Å². The summed E-state index contributed by atoms with van der Waals surface area (Å²) in [5.41, 5.74) is 1.10. The van der Waals surface area contributed by atoms with Crippen LogP contribution in [0, 0.1) is 22.5 Å². The second-order valence-corrected chi connectivity index (χ2v) is 5.96. The van der Waals surface area contributed by atoms with Crippen molar-refractivity contribution in [1.82, 2.24) is 15.2 Å². The number of nitro groups is 1. The third kappa shape index (κ3) is 4.29. The maximum Gasteiger partial charge on any atom is 0.295 e. The van der Waals surface area contributed by atoms with Gasteiger partial charge in [-0.15, -0.1) is 18.2 Å². The van der Waals surface area contributed by atoms with Crippen LogP contribution >= 0.6 is 23.4 Å². The summed E-state index contributed by atoms with van der Waals surface area (Å²) in [5.74, 6) is 3.75. The lowest BCUT2D eigenvalue weighted by atomic mass is 10.2. The molecule has 1 aromatic rings. The maximum atomic E-state index is 11.3. The highest BCUT2D eigenvalue weighted by Crippen LogP contribution is 2.20. The minimum Gasteiger partial charge on any atom is -0.365 e. The first kappa shape index (κ1) is 16.5. The number of hydrogen-bond donors (Lipinski definition) is 1. The zero-order valence-electron chi connectivity index (χ0n) is 11.8. The fourth-order valence-electron chi connectivity index (χ4n) is 2.11. The van der Waals surface area contributed by atoms with Gasteiger partial charge in [0.15, 0.2) is 5.82 Å².